The molecule has 0 unspecified atom stereocenters. The van der Waals surface area contributed by atoms with E-state index < -0.39 is 29.7 Å². The topological polar surface area (TPSA) is 148 Å². The molecule has 2 aliphatic heterocycles. The number of nitrogens with zero attached hydrogens (tertiary/aromatic N) is 5. The van der Waals surface area contributed by atoms with E-state index in [9.17, 15) is 23.6 Å². The highest BCUT2D eigenvalue weighted by Gasteiger charge is 2.37. The summed E-state index contributed by atoms with van der Waals surface area (Å²) in [4.78, 5) is 59.4. The standard InChI is InChI=1S/C31H36Cl2FN7O4/c1-31(2)12-15-40(16-13-31)25(42)9-10-26(43)41-18-20-6-4-3-5-19(20)17-24(41)30(45)38-23(11-14-36-39-35)29(44)37-22-8-7-21(32)27(33)28(22)34/h3-8,23-24H,9-18H2,1-2H3,(H,37,44)(H,38,45)/t23-,24-/m0/s1. The van der Waals surface area contributed by atoms with Crippen LogP contribution >= 0.6 is 23.2 Å². The van der Waals surface area contributed by atoms with Crippen LogP contribution in [0.25, 0.3) is 10.4 Å². The van der Waals surface area contributed by atoms with E-state index in [-0.39, 0.29) is 71.7 Å². The summed E-state index contributed by atoms with van der Waals surface area (Å²) >= 11 is 11.7. The van der Waals surface area contributed by atoms with Gasteiger partial charge in [0.05, 0.1) is 15.7 Å². The van der Waals surface area contributed by atoms with Gasteiger partial charge in [0.25, 0.3) is 0 Å². The van der Waals surface area contributed by atoms with Gasteiger partial charge in [-0.1, -0.05) is 66.4 Å². The van der Waals surface area contributed by atoms with Gasteiger partial charge in [-0.05, 0) is 53.5 Å². The van der Waals surface area contributed by atoms with E-state index in [2.05, 4.69) is 34.5 Å². The van der Waals surface area contributed by atoms with Gasteiger partial charge in [-0.25, -0.2) is 4.39 Å². The number of nitrogens with one attached hydrogen (secondary N) is 2. The lowest BCUT2D eigenvalue weighted by atomic mass is 9.82. The first-order chi connectivity index (χ1) is 21.4. The second kappa shape index (κ2) is 14.9. The lowest BCUT2D eigenvalue weighted by Gasteiger charge is -2.38. The van der Waals surface area contributed by atoms with Gasteiger partial charge in [0.1, 0.15) is 12.1 Å². The van der Waals surface area contributed by atoms with Crippen molar-refractivity contribution in [2.45, 2.75) is 71.0 Å². The minimum atomic E-state index is -1.24. The first kappa shape index (κ1) is 34.0. The van der Waals surface area contributed by atoms with Crippen LogP contribution < -0.4 is 10.6 Å². The smallest absolute Gasteiger partial charge is 0.247 e. The molecule has 2 atom stereocenters. The summed E-state index contributed by atoms with van der Waals surface area (Å²) in [6.07, 6.45) is 1.84. The highest BCUT2D eigenvalue weighted by atomic mass is 35.5. The molecule has 0 saturated carbocycles. The van der Waals surface area contributed by atoms with Crippen molar-refractivity contribution >= 4 is 52.5 Å². The molecular weight excluding hydrogens is 624 g/mol. The maximum Gasteiger partial charge on any atom is 0.247 e. The second-order valence-electron chi connectivity index (χ2n) is 12.1. The van der Waals surface area contributed by atoms with Crippen LogP contribution in [0, 0.1) is 11.2 Å². The first-order valence-corrected chi connectivity index (χ1v) is 15.6. The molecule has 0 radical (unpaired) electrons. The van der Waals surface area contributed by atoms with E-state index in [4.69, 9.17) is 28.7 Å². The zero-order valence-corrected chi connectivity index (χ0v) is 26.7. The Morgan fingerprint density at radius 1 is 1.07 bits per heavy atom. The Morgan fingerprint density at radius 2 is 1.73 bits per heavy atom. The maximum atomic E-state index is 14.7. The summed E-state index contributed by atoms with van der Waals surface area (Å²) in [6, 6.07) is 7.77. The third kappa shape index (κ3) is 8.65. The van der Waals surface area contributed by atoms with E-state index in [1.807, 2.05) is 24.3 Å². The maximum absolute atomic E-state index is 14.7. The summed E-state index contributed by atoms with van der Waals surface area (Å²) in [7, 11) is 0. The molecule has 2 N–H and O–H groups in total. The van der Waals surface area contributed by atoms with E-state index >= 15 is 0 Å². The predicted molar refractivity (Wildman–Crippen MR) is 169 cm³/mol. The molecule has 2 aliphatic rings. The number of piperidine rings is 1. The molecule has 2 aromatic rings. The van der Waals surface area contributed by atoms with E-state index in [0.717, 1.165) is 24.0 Å². The number of benzene rings is 2. The lowest BCUT2D eigenvalue weighted by Crippen LogP contribution is -2.56. The summed E-state index contributed by atoms with van der Waals surface area (Å²) in [5, 5.41) is 8.12. The van der Waals surface area contributed by atoms with Crippen molar-refractivity contribution in [3.8, 4) is 0 Å². The number of likely N-dealkylation sites (tertiary alicyclic amines) is 1. The summed E-state index contributed by atoms with van der Waals surface area (Å²) < 4.78 is 14.7. The van der Waals surface area contributed by atoms with Crippen LogP contribution in [-0.4, -0.2) is 65.1 Å². The minimum absolute atomic E-state index is 0.0260. The number of azide groups is 1. The van der Waals surface area contributed by atoms with Crippen molar-refractivity contribution in [2.75, 3.05) is 25.0 Å². The average molecular weight is 661 g/mol. The molecule has 11 nitrogen and oxygen atoms in total. The lowest BCUT2D eigenvalue weighted by molar-refractivity contribution is -0.144. The highest BCUT2D eigenvalue weighted by molar-refractivity contribution is 6.42. The van der Waals surface area contributed by atoms with Crippen molar-refractivity contribution in [1.29, 1.82) is 0 Å². The minimum Gasteiger partial charge on any atom is -0.343 e. The summed E-state index contributed by atoms with van der Waals surface area (Å²) in [5.41, 5.74) is 10.4. The molecule has 0 bridgehead atoms. The van der Waals surface area contributed by atoms with Gasteiger partial charge in [0.2, 0.25) is 23.6 Å². The van der Waals surface area contributed by atoms with E-state index in [1.165, 1.54) is 17.0 Å². The van der Waals surface area contributed by atoms with Gasteiger partial charge in [0.15, 0.2) is 5.82 Å². The highest BCUT2D eigenvalue weighted by Crippen LogP contribution is 2.31. The van der Waals surface area contributed by atoms with Gasteiger partial charge in [-0.2, -0.15) is 0 Å². The number of hydrogen-bond acceptors (Lipinski definition) is 5. The van der Waals surface area contributed by atoms with E-state index in [0.29, 0.717) is 13.1 Å². The molecule has 14 heteroatoms. The molecule has 2 aromatic carbocycles. The molecular formula is C31H36Cl2FN7O4. The SMILES string of the molecule is CC1(C)CCN(C(=O)CCC(=O)N2Cc3ccccc3C[C@H]2C(=O)N[C@@H](CCN=[N+]=[N-])C(=O)Nc2ccc(Cl)c(Cl)c2F)CC1. The average Bonchev–Trinajstić information content (AvgIpc) is 3.02. The number of halogens is 3. The third-order valence-electron chi connectivity index (χ3n) is 8.40. The van der Waals surface area contributed by atoms with Crippen LogP contribution in [0.15, 0.2) is 41.5 Å². The Balaban J connectivity index is 1.49. The van der Waals surface area contributed by atoms with E-state index in [1.54, 1.807) is 4.90 Å². The van der Waals surface area contributed by atoms with Crippen molar-refractivity contribution in [2.24, 2.45) is 10.5 Å². The molecule has 1 saturated heterocycles. The van der Waals surface area contributed by atoms with Crippen LogP contribution in [0.1, 0.15) is 57.1 Å². The Hall–Kier alpha value is -3.86. The number of carbonyl (C=O) groups is 4. The zero-order valence-electron chi connectivity index (χ0n) is 25.2. The number of anilines is 1. The Bertz CT molecular complexity index is 1500. The number of hydrogen-bond donors (Lipinski definition) is 2. The Morgan fingerprint density at radius 3 is 2.42 bits per heavy atom. The van der Waals surface area contributed by atoms with Crippen molar-refractivity contribution in [3.05, 3.63) is 73.8 Å². The normalized spacial score (nSPS) is 17.8. The molecule has 1 fully saturated rings. The molecule has 45 heavy (non-hydrogen) atoms. The monoisotopic (exact) mass is 659 g/mol. The number of rotatable bonds is 10. The van der Waals surface area contributed by atoms with Gasteiger partial charge in [-0.15, -0.1) is 0 Å². The molecule has 2 heterocycles. The van der Waals surface area contributed by atoms with Gasteiger partial charge < -0.3 is 20.4 Å². The number of fused-ring (bicyclic) bond motifs is 1. The van der Waals surface area contributed by atoms with Crippen molar-refractivity contribution in [3.63, 3.8) is 0 Å². The quantitative estimate of drug-likeness (QED) is 0.147. The van der Waals surface area contributed by atoms with Crippen LogP contribution in [0.5, 0.6) is 0 Å². The van der Waals surface area contributed by atoms with Gasteiger partial charge in [-0.3, -0.25) is 19.2 Å². The van der Waals surface area contributed by atoms with Crippen LogP contribution in [0.3, 0.4) is 0 Å². The van der Waals surface area contributed by atoms with Gasteiger partial charge in [0, 0.05) is 50.4 Å². The molecule has 4 rings (SSSR count). The molecule has 0 aliphatic carbocycles. The van der Waals surface area contributed by atoms with Crippen molar-refractivity contribution in [1.82, 2.24) is 15.1 Å². The Kier molecular flexibility index (Phi) is 11.3. The molecule has 0 spiro atoms. The fourth-order valence-corrected chi connectivity index (χ4v) is 5.82. The molecule has 240 valence electrons. The predicted octanol–water partition coefficient (Wildman–Crippen LogP) is 5.64. The van der Waals surface area contributed by atoms with Gasteiger partial charge >= 0.3 is 0 Å². The third-order valence-corrected chi connectivity index (χ3v) is 9.18. The Labute approximate surface area is 271 Å². The summed E-state index contributed by atoms with van der Waals surface area (Å²) in [6.45, 7) is 5.66. The first-order valence-electron chi connectivity index (χ1n) is 14.8. The number of carbonyl (C=O) groups excluding carboxylic acids is 4. The molecule has 4 amide bonds. The fraction of sp³-hybridized carbons (Fsp3) is 0.484. The van der Waals surface area contributed by atoms with Crippen LogP contribution in [0.4, 0.5) is 10.1 Å². The number of amides is 4. The van der Waals surface area contributed by atoms with Crippen molar-refractivity contribution < 1.29 is 23.6 Å². The zero-order chi connectivity index (χ0) is 32.7. The van der Waals surface area contributed by atoms with Crippen LogP contribution in [-0.2, 0) is 32.1 Å². The molecule has 0 aromatic heterocycles. The largest absolute Gasteiger partial charge is 0.343 e. The fourth-order valence-electron chi connectivity index (χ4n) is 5.51. The van der Waals surface area contributed by atoms with Crippen LogP contribution in [0.2, 0.25) is 10.0 Å². The summed E-state index contributed by atoms with van der Waals surface area (Å²) in [5.74, 6) is -2.79. The second-order valence-corrected chi connectivity index (χ2v) is 12.9.